The molecule has 0 amide bonds. The molecule has 190 valence electrons. The van der Waals surface area contributed by atoms with Gasteiger partial charge in [-0.3, -0.25) is 0 Å². The minimum atomic E-state index is -0.536. The molecule has 0 spiro atoms. The second-order valence-corrected chi connectivity index (χ2v) is 7.81. The molecule has 0 fully saturated rings. The monoisotopic (exact) mass is 500 g/mol. The summed E-state index contributed by atoms with van der Waals surface area (Å²) >= 11 is 0. The van der Waals surface area contributed by atoms with Gasteiger partial charge in [-0.15, -0.1) is 0 Å². The van der Waals surface area contributed by atoms with Gasteiger partial charge in [-0.25, -0.2) is 9.59 Å². The maximum atomic E-state index is 12.2. The number of nitrogen functional groups attached to an aromatic ring is 2. The number of rotatable bonds is 12. The van der Waals surface area contributed by atoms with Crippen LogP contribution in [0.15, 0.2) is 110 Å². The molecule has 4 N–H and O–H groups in total. The Labute approximate surface area is 215 Å². The summed E-state index contributed by atoms with van der Waals surface area (Å²) in [5.74, 6) is 0.566. The molecular formula is C29H28N2O6. The number of anilines is 2. The normalized spacial score (nSPS) is 10.5. The second-order valence-electron chi connectivity index (χ2n) is 7.81. The van der Waals surface area contributed by atoms with E-state index >= 15 is 0 Å². The number of carbonyl (C=O) groups excluding carboxylic acids is 2. The van der Waals surface area contributed by atoms with Crippen LogP contribution >= 0.6 is 0 Å². The standard InChI is InChI=1S/C29H28N2O6/c1-20(4-5-21(2)36-28(32)22-6-10-24(30)11-7-22)34-18-3-19-35-26-14-16-27(17-15-26)37-29(33)23-8-12-25(31)13-9-23/h4-17H,1-3,18-19,30-31H2/b5-4-. The third-order valence-corrected chi connectivity index (χ3v) is 4.85. The average Bonchev–Trinajstić information content (AvgIpc) is 2.89. The highest BCUT2D eigenvalue weighted by atomic mass is 16.5. The van der Waals surface area contributed by atoms with Crippen molar-refractivity contribution >= 4 is 23.3 Å². The first-order valence-electron chi connectivity index (χ1n) is 11.4. The highest BCUT2D eigenvalue weighted by Gasteiger charge is 2.09. The summed E-state index contributed by atoms with van der Waals surface area (Å²) in [7, 11) is 0. The molecule has 0 heterocycles. The molecule has 3 aromatic rings. The summed E-state index contributed by atoms with van der Waals surface area (Å²) in [5.41, 5.74) is 13.1. The molecule has 0 aliphatic heterocycles. The summed E-state index contributed by atoms with van der Waals surface area (Å²) in [6.07, 6.45) is 3.66. The summed E-state index contributed by atoms with van der Waals surface area (Å²) in [5, 5.41) is 0. The molecule has 3 aromatic carbocycles. The maximum Gasteiger partial charge on any atom is 0.343 e. The van der Waals surface area contributed by atoms with Gasteiger partial charge in [0, 0.05) is 17.8 Å². The molecule has 8 heteroatoms. The zero-order chi connectivity index (χ0) is 26.6. The van der Waals surface area contributed by atoms with Crippen LogP contribution in [0.4, 0.5) is 11.4 Å². The van der Waals surface area contributed by atoms with Gasteiger partial charge >= 0.3 is 11.9 Å². The third-order valence-electron chi connectivity index (χ3n) is 4.85. The van der Waals surface area contributed by atoms with Crippen LogP contribution in [0.2, 0.25) is 0 Å². The first-order chi connectivity index (χ1) is 17.8. The lowest BCUT2D eigenvalue weighted by Gasteiger charge is -2.09. The zero-order valence-electron chi connectivity index (χ0n) is 20.2. The van der Waals surface area contributed by atoms with Crippen molar-refractivity contribution in [1.29, 1.82) is 0 Å². The molecule has 37 heavy (non-hydrogen) atoms. The number of carbonyl (C=O) groups is 2. The van der Waals surface area contributed by atoms with Crippen LogP contribution in [0.25, 0.3) is 0 Å². The molecule has 3 rings (SSSR count). The number of allylic oxidation sites excluding steroid dienone is 2. The van der Waals surface area contributed by atoms with Crippen molar-refractivity contribution in [3.63, 3.8) is 0 Å². The van der Waals surface area contributed by atoms with Gasteiger partial charge in [-0.05, 0) is 84.9 Å². The Balaban J connectivity index is 1.31. The molecular weight excluding hydrogens is 472 g/mol. The quantitative estimate of drug-likeness (QED) is 0.0858. The molecule has 0 bridgehead atoms. The van der Waals surface area contributed by atoms with E-state index in [2.05, 4.69) is 13.2 Å². The SMILES string of the molecule is C=C(/C=C\C(=C)OC(=O)c1ccc(N)cc1)OCCCOc1ccc(OC(=O)c2ccc(N)cc2)cc1. The van der Waals surface area contributed by atoms with Crippen LogP contribution in [0.5, 0.6) is 11.5 Å². The molecule has 0 unspecified atom stereocenters. The van der Waals surface area contributed by atoms with Crippen molar-refractivity contribution in [1.82, 2.24) is 0 Å². The van der Waals surface area contributed by atoms with E-state index in [4.69, 9.17) is 30.4 Å². The van der Waals surface area contributed by atoms with Gasteiger partial charge < -0.3 is 30.4 Å². The lowest BCUT2D eigenvalue weighted by Crippen LogP contribution is -2.08. The number of hydrogen-bond acceptors (Lipinski definition) is 8. The highest BCUT2D eigenvalue weighted by molar-refractivity contribution is 5.91. The Morgan fingerprint density at radius 1 is 0.676 bits per heavy atom. The van der Waals surface area contributed by atoms with E-state index in [1.54, 1.807) is 78.9 Å². The van der Waals surface area contributed by atoms with Crippen molar-refractivity contribution in [2.45, 2.75) is 6.42 Å². The Hall–Kier alpha value is -4.98. The van der Waals surface area contributed by atoms with Crippen LogP contribution in [-0.4, -0.2) is 25.2 Å². The van der Waals surface area contributed by atoms with E-state index in [9.17, 15) is 9.59 Å². The summed E-state index contributed by atoms with van der Waals surface area (Å²) in [6, 6.07) is 19.6. The fourth-order valence-corrected chi connectivity index (χ4v) is 2.91. The Kier molecular flexibility index (Phi) is 9.50. The Morgan fingerprint density at radius 2 is 1.19 bits per heavy atom. The fourth-order valence-electron chi connectivity index (χ4n) is 2.91. The van der Waals surface area contributed by atoms with Crippen molar-refractivity contribution in [2.75, 3.05) is 24.7 Å². The molecule has 0 aliphatic rings. The fraction of sp³-hybridized carbons (Fsp3) is 0.103. The first-order valence-corrected chi connectivity index (χ1v) is 11.4. The lowest BCUT2D eigenvalue weighted by atomic mass is 10.2. The van der Waals surface area contributed by atoms with Crippen LogP contribution < -0.4 is 20.9 Å². The van der Waals surface area contributed by atoms with E-state index in [1.165, 1.54) is 6.08 Å². The van der Waals surface area contributed by atoms with Gasteiger partial charge in [-0.2, -0.15) is 0 Å². The Morgan fingerprint density at radius 3 is 1.78 bits per heavy atom. The second kappa shape index (κ2) is 13.2. The third kappa shape index (κ3) is 8.95. The largest absolute Gasteiger partial charge is 0.494 e. The average molecular weight is 501 g/mol. The van der Waals surface area contributed by atoms with Gasteiger partial charge in [0.25, 0.3) is 0 Å². The van der Waals surface area contributed by atoms with Crippen molar-refractivity contribution < 1.29 is 28.5 Å². The highest BCUT2D eigenvalue weighted by Crippen LogP contribution is 2.19. The van der Waals surface area contributed by atoms with Crippen LogP contribution in [-0.2, 0) is 9.47 Å². The van der Waals surface area contributed by atoms with Gasteiger partial charge in [0.2, 0.25) is 0 Å². The minimum absolute atomic E-state index is 0.150. The maximum absolute atomic E-state index is 12.2. The van der Waals surface area contributed by atoms with Gasteiger partial charge in [0.05, 0.1) is 24.3 Å². The molecule has 0 saturated carbocycles. The number of ether oxygens (including phenoxy) is 4. The van der Waals surface area contributed by atoms with E-state index in [1.807, 2.05) is 0 Å². The Bertz CT molecular complexity index is 1260. The molecule has 0 atom stereocenters. The smallest absolute Gasteiger partial charge is 0.343 e. The predicted octanol–water partition coefficient (Wildman–Crippen LogP) is 5.30. The minimum Gasteiger partial charge on any atom is -0.494 e. The van der Waals surface area contributed by atoms with Gasteiger partial charge in [-0.1, -0.05) is 13.2 Å². The number of benzene rings is 3. The van der Waals surface area contributed by atoms with E-state index < -0.39 is 11.9 Å². The molecule has 0 aliphatic carbocycles. The van der Waals surface area contributed by atoms with Crippen molar-refractivity contribution in [2.24, 2.45) is 0 Å². The van der Waals surface area contributed by atoms with Crippen LogP contribution in [0, 0.1) is 0 Å². The number of hydrogen-bond donors (Lipinski definition) is 2. The van der Waals surface area contributed by atoms with Gasteiger partial charge in [0.1, 0.15) is 23.0 Å². The van der Waals surface area contributed by atoms with Crippen molar-refractivity contribution in [3.05, 3.63) is 121 Å². The molecule has 0 saturated heterocycles. The van der Waals surface area contributed by atoms with Crippen molar-refractivity contribution in [3.8, 4) is 11.5 Å². The molecule has 0 radical (unpaired) electrons. The van der Waals surface area contributed by atoms with E-state index in [0.717, 1.165) is 0 Å². The topological polar surface area (TPSA) is 123 Å². The van der Waals surface area contributed by atoms with Gasteiger partial charge in [0.15, 0.2) is 0 Å². The van der Waals surface area contributed by atoms with Crippen LogP contribution in [0.1, 0.15) is 27.1 Å². The molecule has 8 nitrogen and oxygen atoms in total. The van der Waals surface area contributed by atoms with E-state index in [0.29, 0.717) is 59.4 Å². The lowest BCUT2D eigenvalue weighted by molar-refractivity contribution is 0.0637. The summed E-state index contributed by atoms with van der Waals surface area (Å²) in [6.45, 7) is 8.27. The number of nitrogens with two attached hydrogens (primary N) is 2. The van der Waals surface area contributed by atoms with Crippen LogP contribution in [0.3, 0.4) is 0 Å². The number of esters is 2. The molecule has 0 aromatic heterocycles. The predicted molar refractivity (Wildman–Crippen MR) is 142 cm³/mol. The zero-order valence-corrected chi connectivity index (χ0v) is 20.2. The van der Waals surface area contributed by atoms with E-state index in [-0.39, 0.29) is 5.76 Å². The summed E-state index contributed by atoms with van der Waals surface area (Å²) in [4.78, 5) is 24.2. The summed E-state index contributed by atoms with van der Waals surface area (Å²) < 4.78 is 21.7. The first kappa shape index (κ1) is 26.6.